The molecule has 0 aliphatic rings. The predicted molar refractivity (Wildman–Crippen MR) is 61.7 cm³/mol. The van der Waals surface area contributed by atoms with E-state index in [-0.39, 0.29) is 10.6 Å². The van der Waals surface area contributed by atoms with Crippen LogP contribution in [0.5, 0.6) is 0 Å². The molecule has 0 bridgehead atoms. The summed E-state index contributed by atoms with van der Waals surface area (Å²) >= 11 is 5.80. The summed E-state index contributed by atoms with van der Waals surface area (Å²) in [7, 11) is 0. The van der Waals surface area contributed by atoms with Crippen LogP contribution in [0.4, 0.5) is 5.69 Å². The molecule has 0 atom stereocenters. The van der Waals surface area contributed by atoms with Crippen LogP contribution in [-0.4, -0.2) is 17.6 Å². The number of aromatic carboxylic acids is 1. The lowest BCUT2D eigenvalue weighted by molar-refractivity contribution is 0.0698. The molecule has 0 spiro atoms. The second-order valence-electron chi connectivity index (χ2n) is 2.97. The van der Waals surface area contributed by atoms with Crippen LogP contribution in [0.3, 0.4) is 0 Å². The zero-order valence-electron chi connectivity index (χ0n) is 8.16. The van der Waals surface area contributed by atoms with E-state index in [9.17, 15) is 4.79 Å². The molecule has 0 aliphatic heterocycles. The summed E-state index contributed by atoms with van der Waals surface area (Å²) in [6.45, 7) is 4.23. The van der Waals surface area contributed by atoms with Crippen LogP contribution < -0.4 is 5.32 Å². The first-order valence-electron chi connectivity index (χ1n) is 4.53. The first-order valence-corrected chi connectivity index (χ1v) is 4.91. The van der Waals surface area contributed by atoms with Crippen molar-refractivity contribution in [2.24, 2.45) is 0 Å². The predicted octanol–water partition coefficient (Wildman–Crippen LogP) is 3.03. The van der Waals surface area contributed by atoms with Gasteiger partial charge in [0, 0.05) is 6.54 Å². The van der Waals surface area contributed by atoms with Gasteiger partial charge in [0.1, 0.15) is 5.56 Å². The Morgan fingerprint density at radius 1 is 1.60 bits per heavy atom. The standard InChI is InChI=1S/C11H12ClNO2/c1-2-3-7-13-9-6-4-5-8(12)10(9)11(14)15/h2,4-6,13H,1,3,7H2,(H,14,15). The highest BCUT2D eigenvalue weighted by Crippen LogP contribution is 2.24. The summed E-state index contributed by atoms with van der Waals surface area (Å²) in [5, 5.41) is 12.2. The van der Waals surface area contributed by atoms with Gasteiger partial charge in [-0.2, -0.15) is 0 Å². The summed E-state index contributed by atoms with van der Waals surface area (Å²) in [6, 6.07) is 4.97. The molecule has 0 saturated carbocycles. The fraction of sp³-hybridized carbons (Fsp3) is 0.182. The number of nitrogens with one attached hydrogen (secondary N) is 1. The Kier molecular flexibility index (Phi) is 4.18. The molecule has 0 aliphatic carbocycles. The molecule has 0 saturated heterocycles. The number of hydrogen-bond acceptors (Lipinski definition) is 2. The lowest BCUT2D eigenvalue weighted by Gasteiger charge is -2.09. The molecule has 0 amide bonds. The second-order valence-corrected chi connectivity index (χ2v) is 3.38. The third-order valence-corrected chi connectivity index (χ3v) is 2.21. The minimum Gasteiger partial charge on any atom is -0.478 e. The molecule has 0 radical (unpaired) electrons. The number of carboxylic acid groups (broad SMARTS) is 1. The van der Waals surface area contributed by atoms with E-state index in [0.29, 0.717) is 12.2 Å². The lowest BCUT2D eigenvalue weighted by Crippen LogP contribution is -2.07. The molecule has 1 aromatic rings. The minimum absolute atomic E-state index is 0.114. The van der Waals surface area contributed by atoms with Gasteiger partial charge in [0.15, 0.2) is 0 Å². The number of carbonyl (C=O) groups is 1. The van der Waals surface area contributed by atoms with E-state index < -0.39 is 5.97 Å². The molecule has 1 aromatic carbocycles. The van der Waals surface area contributed by atoms with E-state index in [1.807, 2.05) is 0 Å². The smallest absolute Gasteiger partial charge is 0.339 e. The highest BCUT2D eigenvalue weighted by molar-refractivity contribution is 6.34. The molecule has 3 nitrogen and oxygen atoms in total. The Morgan fingerprint density at radius 2 is 2.33 bits per heavy atom. The molecule has 2 N–H and O–H groups in total. The van der Waals surface area contributed by atoms with Crippen molar-refractivity contribution in [2.75, 3.05) is 11.9 Å². The first-order chi connectivity index (χ1) is 7.16. The quantitative estimate of drug-likeness (QED) is 0.598. The largest absolute Gasteiger partial charge is 0.478 e. The van der Waals surface area contributed by atoms with Gasteiger partial charge in [-0.1, -0.05) is 23.7 Å². The van der Waals surface area contributed by atoms with Gasteiger partial charge in [-0.3, -0.25) is 0 Å². The van der Waals surface area contributed by atoms with Gasteiger partial charge < -0.3 is 10.4 Å². The van der Waals surface area contributed by atoms with Crippen molar-refractivity contribution in [3.8, 4) is 0 Å². The molecular formula is C11H12ClNO2. The Bertz CT molecular complexity index is 377. The molecule has 1 rings (SSSR count). The first kappa shape index (κ1) is 11.6. The maximum absolute atomic E-state index is 10.9. The number of rotatable bonds is 5. The van der Waals surface area contributed by atoms with Gasteiger partial charge >= 0.3 is 5.97 Å². The van der Waals surface area contributed by atoms with Gasteiger partial charge in [0.05, 0.1) is 10.7 Å². The van der Waals surface area contributed by atoms with Gasteiger partial charge in [0.25, 0.3) is 0 Å². The molecule has 0 unspecified atom stereocenters. The zero-order chi connectivity index (χ0) is 11.3. The SMILES string of the molecule is C=CCCNc1cccc(Cl)c1C(=O)O. The third-order valence-electron chi connectivity index (χ3n) is 1.89. The molecule has 0 aromatic heterocycles. The number of benzene rings is 1. The average molecular weight is 226 g/mol. The fourth-order valence-corrected chi connectivity index (χ4v) is 1.45. The van der Waals surface area contributed by atoms with Crippen LogP contribution in [0.2, 0.25) is 5.02 Å². The van der Waals surface area contributed by atoms with E-state index in [1.165, 1.54) is 0 Å². The Hall–Kier alpha value is -1.48. The van der Waals surface area contributed by atoms with Crippen molar-refractivity contribution < 1.29 is 9.90 Å². The fourth-order valence-electron chi connectivity index (χ4n) is 1.20. The molecular weight excluding hydrogens is 214 g/mol. The summed E-state index contributed by atoms with van der Waals surface area (Å²) in [4.78, 5) is 10.9. The van der Waals surface area contributed by atoms with Crippen LogP contribution in [0.15, 0.2) is 30.9 Å². The van der Waals surface area contributed by atoms with Gasteiger partial charge in [0.2, 0.25) is 0 Å². The normalized spacial score (nSPS) is 9.67. The highest BCUT2D eigenvalue weighted by Gasteiger charge is 2.13. The van der Waals surface area contributed by atoms with E-state index in [4.69, 9.17) is 16.7 Å². The average Bonchev–Trinajstić information content (AvgIpc) is 2.17. The van der Waals surface area contributed by atoms with Crippen LogP contribution in [-0.2, 0) is 0 Å². The van der Waals surface area contributed by atoms with E-state index in [1.54, 1.807) is 24.3 Å². The highest BCUT2D eigenvalue weighted by atomic mass is 35.5. The Morgan fingerprint density at radius 3 is 2.93 bits per heavy atom. The molecule has 80 valence electrons. The van der Waals surface area contributed by atoms with Crippen molar-refractivity contribution in [1.82, 2.24) is 0 Å². The van der Waals surface area contributed by atoms with Crippen LogP contribution >= 0.6 is 11.6 Å². The molecule has 0 heterocycles. The summed E-state index contributed by atoms with van der Waals surface area (Å²) in [5.74, 6) is -1.03. The number of hydrogen-bond donors (Lipinski definition) is 2. The van der Waals surface area contributed by atoms with Gasteiger partial charge in [-0.25, -0.2) is 4.79 Å². The molecule has 0 fully saturated rings. The van der Waals surface area contributed by atoms with Gasteiger partial charge in [-0.15, -0.1) is 6.58 Å². The van der Waals surface area contributed by atoms with Crippen molar-refractivity contribution in [3.63, 3.8) is 0 Å². The van der Waals surface area contributed by atoms with Gasteiger partial charge in [-0.05, 0) is 18.6 Å². The summed E-state index contributed by atoms with van der Waals surface area (Å²) in [5.41, 5.74) is 0.653. The maximum atomic E-state index is 10.9. The minimum atomic E-state index is -1.03. The number of halogens is 1. The Labute approximate surface area is 93.4 Å². The monoisotopic (exact) mass is 225 g/mol. The second kappa shape index (κ2) is 5.41. The molecule has 4 heteroatoms. The molecule has 15 heavy (non-hydrogen) atoms. The summed E-state index contributed by atoms with van der Waals surface area (Å²) < 4.78 is 0. The van der Waals surface area contributed by atoms with Crippen LogP contribution in [0.25, 0.3) is 0 Å². The third kappa shape index (κ3) is 2.99. The van der Waals surface area contributed by atoms with E-state index in [0.717, 1.165) is 6.42 Å². The number of anilines is 1. The topological polar surface area (TPSA) is 49.3 Å². The maximum Gasteiger partial charge on any atom is 0.339 e. The van der Waals surface area contributed by atoms with Crippen molar-refractivity contribution in [3.05, 3.63) is 41.4 Å². The Balaban J connectivity index is 2.90. The summed E-state index contributed by atoms with van der Waals surface area (Å²) in [6.07, 6.45) is 2.53. The lowest BCUT2D eigenvalue weighted by atomic mass is 10.1. The van der Waals surface area contributed by atoms with Crippen LogP contribution in [0.1, 0.15) is 16.8 Å². The van der Waals surface area contributed by atoms with Crippen molar-refractivity contribution in [1.29, 1.82) is 0 Å². The van der Waals surface area contributed by atoms with Crippen molar-refractivity contribution >= 4 is 23.3 Å². The van der Waals surface area contributed by atoms with E-state index >= 15 is 0 Å². The van der Waals surface area contributed by atoms with Crippen molar-refractivity contribution in [2.45, 2.75) is 6.42 Å². The number of carboxylic acids is 1. The van der Waals surface area contributed by atoms with Crippen LogP contribution in [0, 0.1) is 0 Å². The zero-order valence-corrected chi connectivity index (χ0v) is 8.92. The van der Waals surface area contributed by atoms with E-state index in [2.05, 4.69) is 11.9 Å².